The Morgan fingerprint density at radius 3 is 1.49 bits per heavy atom. The number of amides is 2. The molecule has 4 rings (SSSR count). The van der Waals surface area contributed by atoms with Crippen LogP contribution in [0.25, 0.3) is 0 Å². The third-order valence-corrected chi connectivity index (χ3v) is 6.19. The van der Waals surface area contributed by atoms with Gasteiger partial charge in [0, 0.05) is 24.8 Å². The first-order valence-corrected chi connectivity index (χ1v) is 13.3. The first-order chi connectivity index (χ1) is 22.0. The Labute approximate surface area is 264 Å². The molecule has 2 saturated heterocycles. The van der Waals surface area contributed by atoms with Gasteiger partial charge in [-0.2, -0.15) is 0 Å². The Bertz CT molecular complexity index is 1290. The zero-order valence-corrected chi connectivity index (χ0v) is 24.1. The molecule has 0 bridgehead atoms. The van der Waals surface area contributed by atoms with E-state index in [9.17, 15) is 54.9 Å². The minimum Gasteiger partial charge on any atom is -0.405 e. The summed E-state index contributed by atoms with van der Waals surface area (Å²) in [6, 6.07) is 6.57. The molecule has 2 aliphatic heterocycles. The topological polar surface area (TPSA) is 365 Å². The SMILES string of the molecule is NC(=O)c1cccnc1.NC(=O)c1cccnc1.O=C(CC(O)C(=O)OC1(O)O[C@H](CO)[C@@H](O)[C@H]1O)OC1(O)O[C@H](CO)[C@@H](O)[C@H]1O. The smallest absolute Gasteiger partial charge is 0.357 e. The number of carbonyl (C=O) groups is 4. The number of hydrogen-bond donors (Lipinski definition) is 11. The number of carbonyl (C=O) groups excluding carboxylic acids is 4. The number of aliphatic hydroxyl groups is 9. The van der Waals surface area contributed by atoms with Gasteiger partial charge in [0.05, 0.1) is 30.8 Å². The zero-order chi connectivity index (χ0) is 35.5. The van der Waals surface area contributed by atoms with Crippen LogP contribution in [-0.4, -0.2) is 148 Å². The molecule has 21 heteroatoms. The van der Waals surface area contributed by atoms with E-state index in [0.29, 0.717) is 11.1 Å². The number of aromatic nitrogens is 2. The van der Waals surface area contributed by atoms with E-state index in [1.807, 2.05) is 0 Å². The molecule has 0 aromatic carbocycles. The Morgan fingerprint density at radius 2 is 1.19 bits per heavy atom. The highest BCUT2D eigenvalue weighted by Crippen LogP contribution is 2.32. The fourth-order valence-electron chi connectivity index (χ4n) is 3.69. The van der Waals surface area contributed by atoms with Gasteiger partial charge in [0.1, 0.15) is 24.4 Å². The average Bonchev–Trinajstić information content (AvgIpc) is 3.40. The summed E-state index contributed by atoms with van der Waals surface area (Å²) in [4.78, 5) is 51.8. The molecule has 13 N–H and O–H groups in total. The molecule has 0 aliphatic carbocycles. The van der Waals surface area contributed by atoms with Crippen LogP contribution >= 0.6 is 0 Å². The molecule has 3 unspecified atom stereocenters. The van der Waals surface area contributed by atoms with Crippen molar-refractivity contribution < 1.29 is 84.1 Å². The van der Waals surface area contributed by atoms with Crippen molar-refractivity contribution in [2.24, 2.45) is 11.5 Å². The zero-order valence-electron chi connectivity index (χ0n) is 24.1. The fourth-order valence-corrected chi connectivity index (χ4v) is 3.69. The molecule has 0 radical (unpaired) electrons. The van der Waals surface area contributed by atoms with Gasteiger partial charge in [-0.1, -0.05) is 0 Å². The molecule has 4 heterocycles. The van der Waals surface area contributed by atoms with Gasteiger partial charge in [-0.05, 0) is 24.3 Å². The van der Waals surface area contributed by atoms with Gasteiger partial charge in [0.15, 0.2) is 18.3 Å². The Kier molecular flexibility index (Phi) is 14.1. The van der Waals surface area contributed by atoms with Crippen LogP contribution in [0.15, 0.2) is 49.1 Å². The minimum absolute atomic E-state index is 0.442. The summed E-state index contributed by atoms with van der Waals surface area (Å²) in [6.07, 6.45) is -8.53. The third kappa shape index (κ3) is 10.4. The van der Waals surface area contributed by atoms with Crippen LogP contribution in [0.4, 0.5) is 0 Å². The highest BCUT2D eigenvalue weighted by molar-refractivity contribution is 5.92. The van der Waals surface area contributed by atoms with E-state index in [1.165, 1.54) is 12.4 Å². The minimum atomic E-state index is -3.13. The van der Waals surface area contributed by atoms with E-state index < -0.39 is 98.1 Å². The van der Waals surface area contributed by atoms with Crippen molar-refractivity contribution in [2.75, 3.05) is 13.2 Å². The highest BCUT2D eigenvalue weighted by atomic mass is 16.9. The lowest BCUT2D eigenvalue weighted by Gasteiger charge is -2.27. The van der Waals surface area contributed by atoms with Crippen LogP contribution in [0, 0.1) is 0 Å². The van der Waals surface area contributed by atoms with E-state index >= 15 is 0 Å². The second kappa shape index (κ2) is 17.1. The van der Waals surface area contributed by atoms with Gasteiger partial charge in [0.25, 0.3) is 0 Å². The van der Waals surface area contributed by atoms with Crippen LogP contribution in [-0.2, 0) is 28.5 Å². The lowest BCUT2D eigenvalue weighted by Crippen LogP contribution is -2.49. The standard InChI is InChI=1S/C14H22O15.2C6H6N2O/c15-2-5-8(19)10(21)13(24,26-5)28-7(18)1-4(17)12(23)29-14(25)11(22)9(20)6(3-16)27-14;2*7-6(9)5-2-1-3-8-4-5/h4-6,8-11,15-17,19-22,24-25H,1-3H2;2*1-4H,(H2,7,9)/t4?,5-,6-,8-,9-,10-,11-,13?,14?;;/m1../s1. The normalized spacial score (nSPS) is 30.1. The van der Waals surface area contributed by atoms with E-state index in [4.69, 9.17) is 21.7 Å². The quantitative estimate of drug-likeness (QED) is 0.0870. The van der Waals surface area contributed by atoms with Crippen LogP contribution in [0.1, 0.15) is 27.1 Å². The number of rotatable bonds is 9. The number of primary amides is 2. The first kappa shape index (κ1) is 38.9. The van der Waals surface area contributed by atoms with E-state index in [1.54, 1.807) is 36.7 Å². The molecule has 0 spiro atoms. The predicted molar refractivity (Wildman–Crippen MR) is 146 cm³/mol. The van der Waals surface area contributed by atoms with Gasteiger partial charge in [-0.25, -0.2) is 4.79 Å². The van der Waals surface area contributed by atoms with Crippen molar-refractivity contribution in [3.63, 3.8) is 0 Å². The van der Waals surface area contributed by atoms with Crippen molar-refractivity contribution in [1.29, 1.82) is 0 Å². The summed E-state index contributed by atoms with van der Waals surface area (Å²) in [7, 11) is 0. The van der Waals surface area contributed by atoms with E-state index in [-0.39, 0.29) is 0 Å². The van der Waals surface area contributed by atoms with Crippen LogP contribution in [0.5, 0.6) is 0 Å². The summed E-state index contributed by atoms with van der Waals surface area (Å²) in [5, 5.41) is 85.8. The summed E-state index contributed by atoms with van der Waals surface area (Å²) in [5.41, 5.74) is 10.8. The molecule has 2 amide bonds. The monoisotopic (exact) mass is 674 g/mol. The van der Waals surface area contributed by atoms with Crippen LogP contribution < -0.4 is 11.5 Å². The van der Waals surface area contributed by atoms with E-state index in [2.05, 4.69) is 28.9 Å². The second-order valence-electron chi connectivity index (χ2n) is 9.64. The molecule has 9 atom stereocenters. The summed E-state index contributed by atoms with van der Waals surface area (Å²) in [6.45, 7) is -1.69. The Morgan fingerprint density at radius 1 is 0.787 bits per heavy atom. The van der Waals surface area contributed by atoms with Crippen molar-refractivity contribution in [2.45, 2.75) is 61.1 Å². The van der Waals surface area contributed by atoms with Crippen molar-refractivity contribution in [1.82, 2.24) is 9.97 Å². The first-order valence-electron chi connectivity index (χ1n) is 13.3. The molecular weight excluding hydrogens is 640 g/mol. The third-order valence-electron chi connectivity index (χ3n) is 6.19. The van der Waals surface area contributed by atoms with Crippen molar-refractivity contribution in [3.05, 3.63) is 60.2 Å². The largest absolute Gasteiger partial charge is 0.405 e. The maximum atomic E-state index is 11.8. The molecular formula is C26H34N4O17. The van der Waals surface area contributed by atoms with Gasteiger partial charge in [-0.15, -0.1) is 0 Å². The molecule has 2 aliphatic rings. The van der Waals surface area contributed by atoms with E-state index in [0.717, 1.165) is 0 Å². The molecule has 21 nitrogen and oxygen atoms in total. The summed E-state index contributed by atoms with van der Waals surface area (Å²) < 4.78 is 18.0. The summed E-state index contributed by atoms with van der Waals surface area (Å²) >= 11 is 0. The van der Waals surface area contributed by atoms with Crippen molar-refractivity contribution >= 4 is 23.8 Å². The number of aliphatic hydroxyl groups excluding tert-OH is 7. The van der Waals surface area contributed by atoms with Gasteiger partial charge < -0.3 is 76.4 Å². The van der Waals surface area contributed by atoms with Crippen LogP contribution in [0.3, 0.4) is 0 Å². The highest BCUT2D eigenvalue weighted by Gasteiger charge is 2.58. The number of pyridine rings is 2. The number of hydrogen-bond acceptors (Lipinski definition) is 19. The number of nitrogens with zero attached hydrogens (tertiary/aromatic N) is 2. The number of nitrogens with two attached hydrogens (primary N) is 2. The molecule has 2 aromatic rings. The summed E-state index contributed by atoms with van der Waals surface area (Å²) in [5.74, 6) is -10.3. The molecule has 2 aromatic heterocycles. The fraction of sp³-hybridized carbons (Fsp3) is 0.462. The van der Waals surface area contributed by atoms with Crippen molar-refractivity contribution in [3.8, 4) is 0 Å². The van der Waals surface area contributed by atoms with Crippen LogP contribution in [0.2, 0.25) is 0 Å². The Balaban J connectivity index is 0.000000342. The average molecular weight is 675 g/mol. The lowest BCUT2D eigenvalue weighted by molar-refractivity contribution is -0.363. The van der Waals surface area contributed by atoms with Gasteiger partial charge in [0.2, 0.25) is 11.8 Å². The van der Waals surface area contributed by atoms with Gasteiger partial charge >= 0.3 is 23.9 Å². The molecule has 260 valence electrons. The maximum absolute atomic E-state index is 11.8. The number of ether oxygens (including phenoxy) is 4. The lowest BCUT2D eigenvalue weighted by atomic mass is 10.1. The molecule has 2 fully saturated rings. The second-order valence-corrected chi connectivity index (χ2v) is 9.64. The molecule has 47 heavy (non-hydrogen) atoms. The van der Waals surface area contributed by atoms with Gasteiger partial charge in [-0.3, -0.25) is 24.4 Å². The molecule has 0 saturated carbocycles. The Hall–Kier alpha value is -4.26. The maximum Gasteiger partial charge on any atom is 0.357 e. The number of esters is 2. The predicted octanol–water partition coefficient (Wildman–Crippen LogP) is -6.30.